The van der Waals surface area contributed by atoms with E-state index < -0.39 is 0 Å². The molecule has 2 aliphatic rings. The van der Waals surface area contributed by atoms with Crippen LogP contribution in [0.3, 0.4) is 0 Å². The Morgan fingerprint density at radius 3 is 2.71 bits per heavy atom. The lowest BCUT2D eigenvalue weighted by Gasteiger charge is -2.34. The largest absolute Gasteiger partial charge is 0.378 e. The summed E-state index contributed by atoms with van der Waals surface area (Å²) in [5.41, 5.74) is 1.02. The molecule has 1 heterocycles. The number of ether oxygens (including phenoxy) is 1. The van der Waals surface area contributed by atoms with Crippen molar-refractivity contribution in [2.45, 2.75) is 31.7 Å². The number of hydrogen-bond acceptors (Lipinski definition) is 3. The van der Waals surface area contributed by atoms with Crippen LogP contribution in [0.5, 0.6) is 0 Å². The number of benzene rings is 1. The number of anilines is 1. The summed E-state index contributed by atoms with van der Waals surface area (Å²) < 4.78 is 5.45. The Morgan fingerprint density at radius 1 is 1.29 bits per heavy atom. The first-order chi connectivity index (χ1) is 10.3. The molecule has 4 nitrogen and oxygen atoms in total. The average Bonchev–Trinajstić information content (AvgIpc) is 2.48. The predicted octanol–water partition coefficient (Wildman–Crippen LogP) is 2.20. The summed E-state index contributed by atoms with van der Waals surface area (Å²) in [5.74, 6) is 0.876. The van der Waals surface area contributed by atoms with E-state index in [-0.39, 0.29) is 11.9 Å². The van der Waals surface area contributed by atoms with Gasteiger partial charge in [-0.1, -0.05) is 24.6 Å². The van der Waals surface area contributed by atoms with Gasteiger partial charge in [-0.05, 0) is 30.9 Å². The minimum absolute atomic E-state index is 0.152. The highest BCUT2D eigenvalue weighted by atomic mass is 16.5. The van der Waals surface area contributed by atoms with E-state index in [1.807, 2.05) is 35.2 Å². The Balaban J connectivity index is 1.66. The molecular weight excluding hydrogens is 264 g/mol. The Labute approximate surface area is 126 Å². The third kappa shape index (κ3) is 3.83. The Kier molecular flexibility index (Phi) is 4.88. The van der Waals surface area contributed by atoms with Crippen LogP contribution in [0.1, 0.15) is 25.7 Å². The number of para-hydroxylation sites is 1. The van der Waals surface area contributed by atoms with Gasteiger partial charge in [0, 0.05) is 31.2 Å². The van der Waals surface area contributed by atoms with E-state index in [0.29, 0.717) is 18.9 Å². The van der Waals surface area contributed by atoms with E-state index in [4.69, 9.17) is 4.74 Å². The quantitative estimate of drug-likeness (QED) is 0.903. The van der Waals surface area contributed by atoms with Crippen molar-refractivity contribution >= 4 is 11.6 Å². The molecule has 1 saturated heterocycles. The van der Waals surface area contributed by atoms with Crippen molar-refractivity contribution in [3.05, 3.63) is 30.3 Å². The highest BCUT2D eigenvalue weighted by Gasteiger charge is 2.26. The van der Waals surface area contributed by atoms with Crippen molar-refractivity contribution in [1.29, 1.82) is 0 Å². The summed E-state index contributed by atoms with van der Waals surface area (Å²) in [6, 6.07) is 10.2. The zero-order valence-electron chi connectivity index (χ0n) is 12.5. The van der Waals surface area contributed by atoms with Crippen LogP contribution in [-0.2, 0) is 9.53 Å². The van der Waals surface area contributed by atoms with Crippen molar-refractivity contribution in [1.82, 2.24) is 5.32 Å². The zero-order valence-corrected chi connectivity index (χ0v) is 12.5. The minimum Gasteiger partial charge on any atom is -0.378 e. The van der Waals surface area contributed by atoms with E-state index in [9.17, 15) is 4.79 Å². The number of rotatable bonds is 5. The molecule has 1 saturated carbocycles. The van der Waals surface area contributed by atoms with E-state index in [2.05, 4.69) is 5.32 Å². The van der Waals surface area contributed by atoms with Crippen LogP contribution in [0.2, 0.25) is 0 Å². The summed E-state index contributed by atoms with van der Waals surface area (Å²) in [4.78, 5) is 14.7. The zero-order chi connectivity index (χ0) is 14.5. The van der Waals surface area contributed by atoms with Gasteiger partial charge in [-0.3, -0.25) is 4.79 Å². The van der Waals surface area contributed by atoms with Gasteiger partial charge in [0.1, 0.15) is 0 Å². The van der Waals surface area contributed by atoms with Gasteiger partial charge in [-0.2, -0.15) is 0 Å². The maximum absolute atomic E-state index is 12.7. The molecule has 2 fully saturated rings. The predicted molar refractivity (Wildman–Crippen MR) is 83.4 cm³/mol. The van der Waals surface area contributed by atoms with Gasteiger partial charge in [-0.25, -0.2) is 0 Å². The van der Waals surface area contributed by atoms with E-state index in [1.54, 1.807) is 0 Å². The van der Waals surface area contributed by atoms with Crippen LogP contribution < -0.4 is 10.2 Å². The third-order valence-corrected chi connectivity index (χ3v) is 4.45. The molecule has 114 valence electrons. The minimum atomic E-state index is 0.152. The second-order valence-electron chi connectivity index (χ2n) is 6.07. The summed E-state index contributed by atoms with van der Waals surface area (Å²) >= 11 is 0. The summed E-state index contributed by atoms with van der Waals surface area (Å²) in [5, 5.41) is 3.37. The summed E-state index contributed by atoms with van der Waals surface area (Å²) in [6.07, 6.45) is 4.32. The van der Waals surface area contributed by atoms with Gasteiger partial charge >= 0.3 is 0 Å². The van der Waals surface area contributed by atoms with E-state index in [0.717, 1.165) is 25.4 Å². The summed E-state index contributed by atoms with van der Waals surface area (Å²) in [6.45, 7) is 3.08. The monoisotopic (exact) mass is 288 g/mol. The van der Waals surface area contributed by atoms with Gasteiger partial charge in [0.05, 0.1) is 13.2 Å². The fraction of sp³-hybridized carbons (Fsp3) is 0.588. The number of morpholine rings is 1. The highest BCUT2D eigenvalue weighted by Crippen LogP contribution is 2.29. The van der Waals surface area contributed by atoms with Crippen molar-refractivity contribution in [3.63, 3.8) is 0 Å². The second-order valence-corrected chi connectivity index (χ2v) is 6.07. The fourth-order valence-corrected chi connectivity index (χ4v) is 2.96. The van der Waals surface area contributed by atoms with Crippen LogP contribution in [-0.4, -0.2) is 38.3 Å². The van der Waals surface area contributed by atoms with Crippen LogP contribution in [0, 0.1) is 5.92 Å². The normalized spacial score (nSPS) is 22.6. The third-order valence-electron chi connectivity index (χ3n) is 4.45. The maximum Gasteiger partial charge on any atom is 0.228 e. The molecule has 21 heavy (non-hydrogen) atoms. The topological polar surface area (TPSA) is 41.6 Å². The number of amides is 1. The molecule has 0 radical (unpaired) electrons. The number of nitrogens with zero attached hydrogens (tertiary/aromatic N) is 1. The lowest BCUT2D eigenvalue weighted by Crippen LogP contribution is -2.46. The lowest BCUT2D eigenvalue weighted by atomic mass is 9.85. The van der Waals surface area contributed by atoms with Gasteiger partial charge in [0.15, 0.2) is 0 Å². The number of carbonyl (C=O) groups excluding carboxylic acids is 1. The molecule has 0 bridgehead atoms. The maximum atomic E-state index is 12.7. The first-order valence-corrected chi connectivity index (χ1v) is 7.99. The van der Waals surface area contributed by atoms with Crippen molar-refractivity contribution in [2.24, 2.45) is 5.92 Å². The first-order valence-electron chi connectivity index (χ1n) is 7.99. The molecule has 1 aromatic rings. The molecule has 1 unspecified atom stereocenters. The van der Waals surface area contributed by atoms with Crippen molar-refractivity contribution < 1.29 is 9.53 Å². The number of hydrogen-bond donors (Lipinski definition) is 1. The number of nitrogens with one attached hydrogen (secondary N) is 1. The molecule has 1 aromatic carbocycles. The van der Waals surface area contributed by atoms with Crippen molar-refractivity contribution in [3.8, 4) is 0 Å². The smallest absolute Gasteiger partial charge is 0.228 e. The molecule has 0 aromatic heterocycles. The van der Waals surface area contributed by atoms with Crippen LogP contribution >= 0.6 is 0 Å². The Bertz CT molecular complexity index is 453. The molecule has 1 aliphatic carbocycles. The van der Waals surface area contributed by atoms with Crippen LogP contribution in [0.4, 0.5) is 5.69 Å². The SMILES string of the molecule is O=C(CC1COCCN1)N(CC1CCC1)c1ccccc1. The molecular formula is C17H24N2O2. The molecule has 3 rings (SSSR count). The van der Waals surface area contributed by atoms with Gasteiger partial charge in [-0.15, -0.1) is 0 Å². The Hall–Kier alpha value is -1.39. The summed E-state index contributed by atoms with van der Waals surface area (Å²) in [7, 11) is 0. The van der Waals surface area contributed by atoms with Gasteiger partial charge < -0.3 is 15.0 Å². The first kappa shape index (κ1) is 14.5. The molecule has 4 heteroatoms. The molecule has 1 aliphatic heterocycles. The highest BCUT2D eigenvalue weighted by molar-refractivity contribution is 5.93. The lowest BCUT2D eigenvalue weighted by molar-refractivity contribution is -0.120. The molecule has 1 N–H and O–H groups in total. The average molecular weight is 288 g/mol. The van der Waals surface area contributed by atoms with E-state index >= 15 is 0 Å². The molecule has 1 atom stereocenters. The van der Waals surface area contributed by atoms with Gasteiger partial charge in [0.25, 0.3) is 0 Å². The second kappa shape index (κ2) is 7.05. The van der Waals surface area contributed by atoms with Crippen LogP contribution in [0.15, 0.2) is 30.3 Å². The van der Waals surface area contributed by atoms with Crippen LogP contribution in [0.25, 0.3) is 0 Å². The van der Waals surface area contributed by atoms with Gasteiger partial charge in [0.2, 0.25) is 5.91 Å². The van der Waals surface area contributed by atoms with E-state index in [1.165, 1.54) is 19.3 Å². The van der Waals surface area contributed by atoms with Crippen molar-refractivity contribution in [2.75, 3.05) is 31.2 Å². The Morgan fingerprint density at radius 2 is 2.10 bits per heavy atom. The number of carbonyl (C=O) groups is 1. The standard InChI is InChI=1S/C17H24N2O2/c20-17(11-15-13-21-10-9-18-15)19(12-14-5-4-6-14)16-7-2-1-3-8-16/h1-3,7-8,14-15,18H,4-6,9-13H2. The fourth-order valence-electron chi connectivity index (χ4n) is 2.96. The molecule has 1 amide bonds. The molecule has 0 spiro atoms.